The Hall–Kier alpha value is -1.06. The first-order valence-corrected chi connectivity index (χ1v) is 4.73. The van der Waals surface area contributed by atoms with E-state index < -0.39 is 0 Å². The van der Waals surface area contributed by atoms with Crippen LogP contribution in [0.4, 0.5) is 4.79 Å². The largest absolute Gasteiger partial charge is 0.327 e. The highest BCUT2D eigenvalue weighted by Crippen LogP contribution is 2.09. The Labute approximate surface area is 78.5 Å². The van der Waals surface area contributed by atoms with Gasteiger partial charge < -0.3 is 4.90 Å². The molecule has 1 rings (SSSR count). The molecule has 0 bridgehead atoms. The smallest absolute Gasteiger partial charge is 0.324 e. The molecule has 0 spiro atoms. The average Bonchev–Trinajstić information content (AvgIpc) is 2.65. The third kappa shape index (κ3) is 2.44. The van der Waals surface area contributed by atoms with Crippen LogP contribution in [-0.4, -0.2) is 41.9 Å². The Morgan fingerprint density at radius 3 is 2.54 bits per heavy atom. The summed E-state index contributed by atoms with van der Waals surface area (Å²) in [5.74, 6) is 0. The number of rotatable bonds is 3. The molecule has 0 N–H and O–H groups in total. The zero-order chi connectivity index (χ0) is 9.68. The summed E-state index contributed by atoms with van der Waals surface area (Å²) in [6.07, 6.45) is 4.55. The number of carbonyl (C=O) groups is 1. The number of amides is 3. The van der Waals surface area contributed by atoms with E-state index >= 15 is 0 Å². The maximum atomic E-state index is 11.6. The van der Waals surface area contributed by atoms with Gasteiger partial charge in [-0.1, -0.05) is 6.92 Å². The lowest BCUT2D eigenvalue weighted by atomic mass is 10.4. The number of likely N-dealkylation sites (tertiary alicyclic amines) is 1. The molecule has 4 nitrogen and oxygen atoms in total. The summed E-state index contributed by atoms with van der Waals surface area (Å²) in [4.78, 5) is 24.8. The van der Waals surface area contributed by atoms with E-state index in [4.69, 9.17) is 0 Å². The lowest BCUT2D eigenvalue weighted by Crippen LogP contribution is -2.41. The van der Waals surface area contributed by atoms with Crippen LogP contribution >= 0.6 is 0 Å². The maximum Gasteiger partial charge on any atom is 0.327 e. The van der Waals surface area contributed by atoms with Crippen molar-refractivity contribution in [3.63, 3.8) is 0 Å². The van der Waals surface area contributed by atoms with Crippen LogP contribution in [-0.2, 0) is 4.79 Å². The molecule has 0 aromatic heterocycles. The number of imide groups is 1. The summed E-state index contributed by atoms with van der Waals surface area (Å²) in [5.41, 5.74) is 0. The number of carbonyl (C=O) groups excluding carboxylic acids is 2. The highest BCUT2D eigenvalue weighted by molar-refractivity contribution is 5.85. The first-order valence-electron chi connectivity index (χ1n) is 4.73. The van der Waals surface area contributed by atoms with Crippen molar-refractivity contribution in [3.05, 3.63) is 0 Å². The Balaban J connectivity index is 2.47. The Morgan fingerprint density at radius 2 is 2.08 bits per heavy atom. The van der Waals surface area contributed by atoms with Crippen molar-refractivity contribution in [2.75, 3.05) is 19.6 Å². The van der Waals surface area contributed by atoms with Crippen LogP contribution in [0.1, 0.15) is 26.2 Å². The second-order valence-electron chi connectivity index (χ2n) is 3.22. The van der Waals surface area contributed by atoms with Gasteiger partial charge in [0.05, 0.1) is 0 Å². The van der Waals surface area contributed by atoms with Crippen LogP contribution in [0, 0.1) is 0 Å². The third-order valence-electron chi connectivity index (χ3n) is 2.16. The lowest BCUT2D eigenvalue weighted by molar-refractivity contribution is 0.184. The summed E-state index contributed by atoms with van der Waals surface area (Å²) in [6, 6.07) is -0.186. The maximum absolute atomic E-state index is 11.6. The molecule has 0 atom stereocenters. The quantitative estimate of drug-likeness (QED) is 0.612. The molecule has 4 heteroatoms. The zero-order valence-corrected chi connectivity index (χ0v) is 7.95. The van der Waals surface area contributed by atoms with Crippen LogP contribution in [0.2, 0.25) is 0 Å². The Bertz CT molecular complexity index is 188. The van der Waals surface area contributed by atoms with E-state index in [0.717, 1.165) is 37.3 Å². The zero-order valence-electron chi connectivity index (χ0n) is 7.95. The van der Waals surface area contributed by atoms with E-state index in [1.807, 2.05) is 6.92 Å². The predicted octanol–water partition coefficient (Wildman–Crippen LogP) is 0.981. The first-order chi connectivity index (χ1) is 6.29. The number of hydrogen-bond acceptors (Lipinski definition) is 2. The molecule has 1 radical (unpaired) electrons. The fraction of sp³-hybridized carbons (Fsp3) is 0.778. The molecule has 3 amide bonds. The van der Waals surface area contributed by atoms with E-state index in [1.54, 1.807) is 11.3 Å². The van der Waals surface area contributed by atoms with Crippen LogP contribution < -0.4 is 0 Å². The Morgan fingerprint density at radius 1 is 1.46 bits per heavy atom. The molecule has 1 aliphatic heterocycles. The topological polar surface area (TPSA) is 40.6 Å². The van der Waals surface area contributed by atoms with Gasteiger partial charge in [0.1, 0.15) is 0 Å². The van der Waals surface area contributed by atoms with Gasteiger partial charge in [-0.25, -0.2) is 4.79 Å². The first kappa shape index (κ1) is 10.0. The molecule has 1 aliphatic rings. The van der Waals surface area contributed by atoms with Gasteiger partial charge in [0.25, 0.3) is 0 Å². The highest BCUT2D eigenvalue weighted by Gasteiger charge is 2.22. The van der Waals surface area contributed by atoms with Crippen LogP contribution in [0.3, 0.4) is 0 Å². The van der Waals surface area contributed by atoms with Crippen molar-refractivity contribution < 1.29 is 9.59 Å². The van der Waals surface area contributed by atoms with Crippen LogP contribution in [0.15, 0.2) is 0 Å². The summed E-state index contributed by atoms with van der Waals surface area (Å²) >= 11 is 0. The summed E-state index contributed by atoms with van der Waals surface area (Å²) < 4.78 is 0. The monoisotopic (exact) mass is 183 g/mol. The fourth-order valence-corrected chi connectivity index (χ4v) is 1.48. The molecule has 1 heterocycles. The summed E-state index contributed by atoms with van der Waals surface area (Å²) in [6.45, 7) is 3.96. The van der Waals surface area contributed by atoms with E-state index in [2.05, 4.69) is 0 Å². The molecule has 1 saturated heterocycles. The van der Waals surface area contributed by atoms with Gasteiger partial charge in [-0.3, -0.25) is 9.69 Å². The van der Waals surface area contributed by atoms with Gasteiger partial charge in [0, 0.05) is 19.6 Å². The second kappa shape index (κ2) is 4.84. The molecular weight excluding hydrogens is 168 g/mol. The SMILES string of the molecule is CCCN([C]=O)C(=O)N1CCCC1. The van der Waals surface area contributed by atoms with Gasteiger partial charge >= 0.3 is 12.4 Å². The number of urea groups is 1. The molecule has 73 valence electrons. The van der Waals surface area contributed by atoms with E-state index in [0.29, 0.717) is 6.54 Å². The molecule has 1 fully saturated rings. The van der Waals surface area contributed by atoms with Gasteiger partial charge in [-0.05, 0) is 19.3 Å². The van der Waals surface area contributed by atoms with Gasteiger partial charge in [0.2, 0.25) is 0 Å². The minimum absolute atomic E-state index is 0.186. The van der Waals surface area contributed by atoms with Crippen molar-refractivity contribution in [2.24, 2.45) is 0 Å². The molecule has 0 aromatic carbocycles. The van der Waals surface area contributed by atoms with Crippen molar-refractivity contribution in [3.8, 4) is 0 Å². The fourth-order valence-electron chi connectivity index (χ4n) is 1.48. The number of hydrogen-bond donors (Lipinski definition) is 0. The van der Waals surface area contributed by atoms with Crippen molar-refractivity contribution in [1.29, 1.82) is 0 Å². The van der Waals surface area contributed by atoms with E-state index in [-0.39, 0.29) is 6.03 Å². The van der Waals surface area contributed by atoms with E-state index in [9.17, 15) is 9.59 Å². The normalized spacial score (nSPS) is 15.9. The summed E-state index contributed by atoms with van der Waals surface area (Å²) in [7, 11) is 0. The molecule has 13 heavy (non-hydrogen) atoms. The Kier molecular flexibility index (Phi) is 3.73. The second-order valence-corrected chi connectivity index (χ2v) is 3.22. The molecule has 0 saturated carbocycles. The summed E-state index contributed by atoms with van der Waals surface area (Å²) in [5, 5.41) is 0. The standard InChI is InChI=1S/C9H15N2O2/c1-2-5-11(8-12)9(13)10-6-3-4-7-10/h2-7H2,1H3. The minimum Gasteiger partial charge on any atom is -0.324 e. The highest BCUT2D eigenvalue weighted by atomic mass is 16.2. The molecule has 0 aliphatic carbocycles. The van der Waals surface area contributed by atoms with Gasteiger partial charge in [-0.2, -0.15) is 0 Å². The lowest BCUT2D eigenvalue weighted by Gasteiger charge is -2.21. The molecule has 0 unspecified atom stereocenters. The average molecular weight is 183 g/mol. The van der Waals surface area contributed by atoms with Crippen LogP contribution in [0.5, 0.6) is 0 Å². The van der Waals surface area contributed by atoms with Crippen LogP contribution in [0.25, 0.3) is 0 Å². The molecule has 0 aromatic rings. The van der Waals surface area contributed by atoms with E-state index in [1.165, 1.54) is 0 Å². The van der Waals surface area contributed by atoms with Crippen molar-refractivity contribution >= 4 is 12.4 Å². The van der Waals surface area contributed by atoms with Crippen molar-refractivity contribution in [2.45, 2.75) is 26.2 Å². The van der Waals surface area contributed by atoms with Gasteiger partial charge in [0.15, 0.2) is 0 Å². The predicted molar refractivity (Wildman–Crippen MR) is 48.9 cm³/mol. The van der Waals surface area contributed by atoms with Gasteiger partial charge in [-0.15, -0.1) is 0 Å². The van der Waals surface area contributed by atoms with Crippen molar-refractivity contribution in [1.82, 2.24) is 9.80 Å². The number of nitrogens with zero attached hydrogens (tertiary/aromatic N) is 2. The molecular formula is C9H15N2O2. The minimum atomic E-state index is -0.186. The third-order valence-corrected chi connectivity index (χ3v) is 2.16.